The fourth-order valence-electron chi connectivity index (χ4n) is 1.40. The molecule has 0 saturated heterocycles. The summed E-state index contributed by atoms with van der Waals surface area (Å²) in [6.45, 7) is 0.235. The molecule has 86 valence electrons. The predicted octanol–water partition coefficient (Wildman–Crippen LogP) is -0.879. The molecule has 0 spiro atoms. The molecule has 0 heterocycles. The minimum absolute atomic E-state index is 0. The van der Waals surface area contributed by atoms with Crippen LogP contribution in [0.2, 0.25) is 0 Å². The Kier molecular flexibility index (Phi) is 6.60. The van der Waals surface area contributed by atoms with Crippen molar-refractivity contribution in [3.63, 3.8) is 0 Å². The van der Waals surface area contributed by atoms with Gasteiger partial charge in [-0.3, -0.25) is 0 Å². The minimum atomic E-state index is -0.422. The first-order chi connectivity index (χ1) is 8.25. The zero-order chi connectivity index (χ0) is 12.1. The van der Waals surface area contributed by atoms with Crippen molar-refractivity contribution in [1.29, 1.82) is 0 Å². The van der Waals surface area contributed by atoms with Crippen LogP contribution in [-0.4, -0.2) is 5.97 Å². The molecule has 0 saturated carbocycles. The first-order valence-corrected chi connectivity index (χ1v) is 5.24. The smallest absolute Gasteiger partial charge is 0.872 e. The molecule has 0 bridgehead atoms. The van der Waals surface area contributed by atoms with E-state index in [0.29, 0.717) is 5.56 Å². The van der Waals surface area contributed by atoms with Crippen molar-refractivity contribution in [2.45, 2.75) is 6.61 Å². The maximum atomic E-state index is 11.6. The summed E-state index contributed by atoms with van der Waals surface area (Å²) in [6, 6.07) is 15.1. The Bertz CT molecular complexity index is 494. The van der Waals surface area contributed by atoms with Crippen molar-refractivity contribution in [3.8, 4) is 5.75 Å². The Morgan fingerprint density at radius 3 is 2.22 bits per heavy atom. The molecule has 0 aliphatic heterocycles. The van der Waals surface area contributed by atoms with E-state index in [9.17, 15) is 9.90 Å². The van der Waals surface area contributed by atoms with E-state index in [1.807, 2.05) is 30.3 Å². The molecule has 0 radical (unpaired) electrons. The largest absolute Gasteiger partial charge is 1.00 e. The van der Waals surface area contributed by atoms with Crippen molar-refractivity contribution in [2.75, 3.05) is 0 Å². The molecular formula is C14H11KO3. The van der Waals surface area contributed by atoms with E-state index < -0.39 is 5.97 Å². The number of hydrogen-bond acceptors (Lipinski definition) is 3. The van der Waals surface area contributed by atoms with Crippen LogP contribution < -0.4 is 56.5 Å². The van der Waals surface area contributed by atoms with Crippen molar-refractivity contribution in [1.82, 2.24) is 0 Å². The molecule has 4 heteroatoms. The molecule has 2 rings (SSSR count). The molecule has 0 fully saturated rings. The zero-order valence-corrected chi connectivity index (χ0v) is 13.3. The standard InChI is InChI=1S/C14H12O3.K/c15-13-8-6-12(7-9-13)14(16)17-10-11-4-2-1-3-5-11;/h1-9,15H,10H2;/q;+1/p-1. The van der Waals surface area contributed by atoms with Crippen LogP contribution in [-0.2, 0) is 11.3 Å². The quantitative estimate of drug-likeness (QED) is 0.535. The molecule has 0 atom stereocenters. The van der Waals surface area contributed by atoms with Gasteiger partial charge < -0.3 is 9.84 Å². The third-order valence-corrected chi connectivity index (χ3v) is 2.30. The van der Waals surface area contributed by atoms with Crippen molar-refractivity contribution in [2.24, 2.45) is 0 Å². The van der Waals surface area contributed by atoms with Gasteiger partial charge in [0, 0.05) is 0 Å². The molecule has 18 heavy (non-hydrogen) atoms. The summed E-state index contributed by atoms with van der Waals surface area (Å²) in [7, 11) is 0. The van der Waals surface area contributed by atoms with Gasteiger partial charge in [0.2, 0.25) is 0 Å². The molecule has 0 unspecified atom stereocenters. The third-order valence-electron chi connectivity index (χ3n) is 2.30. The third kappa shape index (κ3) is 4.55. The van der Waals surface area contributed by atoms with Gasteiger partial charge in [0.1, 0.15) is 6.61 Å². The predicted molar refractivity (Wildman–Crippen MR) is 61.4 cm³/mol. The SMILES string of the molecule is O=C(OCc1ccccc1)c1ccc([O-])cc1.[K+]. The fraction of sp³-hybridized carbons (Fsp3) is 0.0714. The first-order valence-electron chi connectivity index (χ1n) is 5.24. The van der Waals surface area contributed by atoms with Gasteiger partial charge in [-0.1, -0.05) is 42.5 Å². The van der Waals surface area contributed by atoms with E-state index >= 15 is 0 Å². The van der Waals surface area contributed by atoms with Gasteiger partial charge in [-0.15, -0.1) is 5.75 Å². The van der Waals surface area contributed by atoms with Crippen LogP contribution in [0.1, 0.15) is 15.9 Å². The summed E-state index contributed by atoms with van der Waals surface area (Å²) in [5, 5.41) is 10.9. The maximum Gasteiger partial charge on any atom is 1.00 e. The summed E-state index contributed by atoms with van der Waals surface area (Å²) in [4.78, 5) is 11.6. The molecule has 0 aromatic heterocycles. The Morgan fingerprint density at radius 2 is 1.61 bits per heavy atom. The van der Waals surface area contributed by atoms with Gasteiger partial charge in [0.05, 0.1) is 5.56 Å². The van der Waals surface area contributed by atoms with E-state index in [4.69, 9.17) is 4.74 Å². The van der Waals surface area contributed by atoms with Gasteiger partial charge in [-0.05, 0) is 17.7 Å². The van der Waals surface area contributed by atoms with Gasteiger partial charge >= 0.3 is 57.4 Å². The second kappa shape index (κ2) is 7.71. The van der Waals surface area contributed by atoms with Crippen LogP contribution in [0.4, 0.5) is 0 Å². The van der Waals surface area contributed by atoms with Crippen LogP contribution in [0, 0.1) is 0 Å². The van der Waals surface area contributed by atoms with Crippen molar-refractivity contribution >= 4 is 5.97 Å². The number of ether oxygens (including phenoxy) is 1. The monoisotopic (exact) mass is 266 g/mol. The van der Waals surface area contributed by atoms with Crippen LogP contribution in [0.3, 0.4) is 0 Å². The minimum Gasteiger partial charge on any atom is -0.872 e. The first kappa shape index (κ1) is 15.4. The Labute approximate surface area is 148 Å². The molecule has 3 nitrogen and oxygen atoms in total. The average Bonchev–Trinajstić information content (AvgIpc) is 2.38. The van der Waals surface area contributed by atoms with Gasteiger partial charge in [-0.25, -0.2) is 4.79 Å². The van der Waals surface area contributed by atoms with Crippen LogP contribution in [0.5, 0.6) is 5.75 Å². The second-order valence-corrected chi connectivity index (χ2v) is 3.59. The molecule has 0 aliphatic carbocycles. The number of hydrogen-bond donors (Lipinski definition) is 0. The number of carbonyl (C=O) groups excluding carboxylic acids is 1. The maximum absolute atomic E-state index is 11.6. The van der Waals surface area contributed by atoms with Crippen molar-refractivity contribution < 1.29 is 66.0 Å². The van der Waals surface area contributed by atoms with Gasteiger partial charge in [0.25, 0.3) is 0 Å². The summed E-state index contributed by atoms with van der Waals surface area (Å²) in [6.07, 6.45) is 0. The normalized spacial score (nSPS) is 9.33. The van der Waals surface area contributed by atoms with E-state index in [0.717, 1.165) is 5.56 Å². The molecule has 2 aromatic rings. The van der Waals surface area contributed by atoms with Crippen LogP contribution in [0.15, 0.2) is 54.6 Å². The molecule has 0 aliphatic rings. The summed E-state index contributed by atoms with van der Waals surface area (Å²) >= 11 is 0. The molecule has 0 amide bonds. The zero-order valence-electron chi connectivity index (χ0n) is 10.1. The number of carbonyl (C=O) groups is 1. The molecular weight excluding hydrogens is 255 g/mol. The van der Waals surface area contributed by atoms with Crippen molar-refractivity contribution in [3.05, 3.63) is 65.7 Å². The van der Waals surface area contributed by atoms with E-state index in [1.54, 1.807) is 0 Å². The average molecular weight is 266 g/mol. The number of esters is 1. The summed E-state index contributed by atoms with van der Waals surface area (Å²) in [5.41, 5.74) is 1.32. The summed E-state index contributed by atoms with van der Waals surface area (Å²) in [5.74, 6) is -0.543. The second-order valence-electron chi connectivity index (χ2n) is 3.59. The topological polar surface area (TPSA) is 49.4 Å². The summed E-state index contributed by atoms with van der Waals surface area (Å²) < 4.78 is 5.11. The van der Waals surface area contributed by atoms with Gasteiger partial charge in [0.15, 0.2) is 0 Å². The number of benzene rings is 2. The van der Waals surface area contributed by atoms with E-state index in [-0.39, 0.29) is 63.7 Å². The number of rotatable bonds is 3. The molecule has 0 N–H and O–H groups in total. The van der Waals surface area contributed by atoms with E-state index in [2.05, 4.69) is 0 Å². The molecule has 2 aromatic carbocycles. The van der Waals surface area contributed by atoms with Crippen LogP contribution >= 0.6 is 0 Å². The Balaban J connectivity index is 0.00000162. The fourth-order valence-corrected chi connectivity index (χ4v) is 1.40. The Morgan fingerprint density at radius 1 is 1.00 bits per heavy atom. The van der Waals surface area contributed by atoms with Gasteiger partial charge in [-0.2, -0.15) is 0 Å². The van der Waals surface area contributed by atoms with Crippen LogP contribution in [0.25, 0.3) is 0 Å². The van der Waals surface area contributed by atoms with E-state index in [1.165, 1.54) is 24.3 Å². The Hall–Kier alpha value is -0.654.